The number of carbonyl (C=O) groups is 1. The van der Waals surface area contributed by atoms with Crippen LogP contribution in [-0.4, -0.2) is 23.0 Å². The van der Waals surface area contributed by atoms with E-state index in [-0.39, 0.29) is 0 Å². The zero-order chi connectivity index (χ0) is 9.97. The van der Waals surface area contributed by atoms with Crippen molar-refractivity contribution in [3.8, 4) is 0 Å². The summed E-state index contributed by atoms with van der Waals surface area (Å²) < 4.78 is 4.62. The van der Waals surface area contributed by atoms with Gasteiger partial charge in [-0.2, -0.15) is 0 Å². The van der Waals surface area contributed by atoms with Crippen molar-refractivity contribution in [3.63, 3.8) is 0 Å². The van der Waals surface area contributed by atoms with Gasteiger partial charge in [0.15, 0.2) is 5.69 Å². The summed E-state index contributed by atoms with van der Waals surface area (Å²) in [5.41, 5.74) is 1.04. The molecule has 0 bridgehead atoms. The Balaban J connectivity index is 2.71. The van der Waals surface area contributed by atoms with E-state index in [1.807, 2.05) is 0 Å². The van der Waals surface area contributed by atoms with E-state index in [9.17, 15) is 4.79 Å². The molecule has 2 aromatic heterocycles. The predicted molar refractivity (Wildman–Crippen MR) is 50.9 cm³/mol. The molecule has 2 rings (SSSR count). The summed E-state index contributed by atoms with van der Waals surface area (Å²) in [4.78, 5) is 19.4. The molecule has 2 aromatic rings. The molecule has 0 saturated carbocycles. The highest BCUT2D eigenvalue weighted by molar-refractivity contribution is 6.01. The lowest BCUT2D eigenvalue weighted by atomic mass is 10.2. The molecule has 0 saturated heterocycles. The lowest BCUT2D eigenvalue weighted by molar-refractivity contribution is 0.0596. The van der Waals surface area contributed by atoms with E-state index in [1.165, 1.54) is 7.11 Å². The third-order valence-electron chi connectivity index (χ3n) is 1.91. The van der Waals surface area contributed by atoms with Crippen LogP contribution in [0.2, 0.25) is 0 Å². The average molecular weight is 188 g/mol. The first-order chi connectivity index (χ1) is 6.83. The number of hydrogen-bond acceptors (Lipinski definition) is 4. The molecule has 0 atom stereocenters. The van der Waals surface area contributed by atoms with Crippen LogP contribution in [0.3, 0.4) is 0 Å². The number of carbonyl (C=O) groups excluding carboxylic acids is 1. The molecule has 0 amide bonds. The van der Waals surface area contributed by atoms with Gasteiger partial charge >= 0.3 is 5.97 Å². The van der Waals surface area contributed by atoms with Gasteiger partial charge < -0.3 is 4.74 Å². The number of hydrogen-bond donors (Lipinski definition) is 0. The standard InChI is InChI=1S/C10H8N2O2/c1-14-10(13)9-7-3-2-5-11-8(7)4-6-12-9/h2-6H,1H3. The number of nitrogens with zero attached hydrogens (tertiary/aromatic N) is 2. The highest BCUT2D eigenvalue weighted by atomic mass is 16.5. The van der Waals surface area contributed by atoms with Gasteiger partial charge in [-0.25, -0.2) is 9.78 Å². The molecule has 4 nitrogen and oxygen atoms in total. The van der Waals surface area contributed by atoms with E-state index in [0.717, 1.165) is 5.52 Å². The van der Waals surface area contributed by atoms with Crippen molar-refractivity contribution in [2.45, 2.75) is 0 Å². The molecule has 0 fully saturated rings. The zero-order valence-corrected chi connectivity index (χ0v) is 7.60. The van der Waals surface area contributed by atoms with Crippen LogP contribution in [0.5, 0.6) is 0 Å². The van der Waals surface area contributed by atoms with Gasteiger partial charge in [0.1, 0.15) is 0 Å². The van der Waals surface area contributed by atoms with Crippen molar-refractivity contribution in [2.24, 2.45) is 0 Å². The highest BCUT2D eigenvalue weighted by Crippen LogP contribution is 2.14. The summed E-state index contributed by atoms with van der Waals surface area (Å²) in [6, 6.07) is 5.31. The zero-order valence-electron chi connectivity index (χ0n) is 7.60. The van der Waals surface area contributed by atoms with Crippen LogP contribution in [0.1, 0.15) is 10.5 Å². The molecule has 0 unspecified atom stereocenters. The number of ether oxygens (including phenoxy) is 1. The second-order valence-electron chi connectivity index (χ2n) is 2.72. The molecule has 70 valence electrons. The van der Waals surface area contributed by atoms with E-state index in [4.69, 9.17) is 0 Å². The van der Waals surface area contributed by atoms with Crippen molar-refractivity contribution >= 4 is 16.9 Å². The smallest absolute Gasteiger partial charge is 0.357 e. The summed E-state index contributed by atoms with van der Waals surface area (Å²) in [6.07, 6.45) is 3.21. The number of esters is 1. The normalized spacial score (nSPS) is 10.1. The van der Waals surface area contributed by atoms with E-state index < -0.39 is 5.97 Å². The van der Waals surface area contributed by atoms with Crippen molar-refractivity contribution in [1.82, 2.24) is 9.97 Å². The predicted octanol–water partition coefficient (Wildman–Crippen LogP) is 1.42. The van der Waals surface area contributed by atoms with E-state index >= 15 is 0 Å². The fourth-order valence-electron chi connectivity index (χ4n) is 1.26. The van der Waals surface area contributed by atoms with Gasteiger partial charge in [-0.3, -0.25) is 4.98 Å². The molecular weight excluding hydrogens is 180 g/mol. The monoisotopic (exact) mass is 188 g/mol. The first kappa shape index (κ1) is 8.62. The molecule has 0 N–H and O–H groups in total. The molecule has 0 aliphatic rings. The number of aromatic nitrogens is 2. The van der Waals surface area contributed by atoms with Crippen LogP contribution in [0.4, 0.5) is 0 Å². The number of pyridine rings is 2. The first-order valence-electron chi connectivity index (χ1n) is 4.11. The number of fused-ring (bicyclic) bond motifs is 1. The van der Waals surface area contributed by atoms with Crippen molar-refractivity contribution in [3.05, 3.63) is 36.3 Å². The van der Waals surface area contributed by atoms with Gasteiger partial charge in [0, 0.05) is 17.8 Å². The number of rotatable bonds is 1. The molecule has 4 heteroatoms. The number of methoxy groups -OCH3 is 1. The minimum atomic E-state index is -0.441. The summed E-state index contributed by atoms with van der Waals surface area (Å²) in [5.74, 6) is -0.441. The summed E-state index contributed by atoms with van der Waals surface area (Å²) >= 11 is 0. The van der Waals surface area contributed by atoms with Crippen LogP contribution in [0.25, 0.3) is 10.9 Å². The van der Waals surface area contributed by atoms with Crippen LogP contribution in [0, 0.1) is 0 Å². The van der Waals surface area contributed by atoms with E-state index in [2.05, 4.69) is 14.7 Å². The van der Waals surface area contributed by atoms with Gasteiger partial charge in [0.2, 0.25) is 0 Å². The molecule has 14 heavy (non-hydrogen) atoms. The maximum Gasteiger partial charge on any atom is 0.357 e. The maximum atomic E-state index is 11.3. The lowest BCUT2D eigenvalue weighted by Crippen LogP contribution is -2.04. The Bertz CT molecular complexity index is 477. The van der Waals surface area contributed by atoms with Gasteiger partial charge in [-0.05, 0) is 18.2 Å². The van der Waals surface area contributed by atoms with Gasteiger partial charge in [-0.15, -0.1) is 0 Å². The fourth-order valence-corrected chi connectivity index (χ4v) is 1.26. The summed E-state index contributed by atoms with van der Waals surface area (Å²) in [5, 5.41) is 0.710. The Hall–Kier alpha value is -1.97. The Kier molecular flexibility index (Phi) is 2.10. The second kappa shape index (κ2) is 3.41. The quantitative estimate of drug-likeness (QED) is 0.635. The second-order valence-corrected chi connectivity index (χ2v) is 2.72. The third-order valence-corrected chi connectivity index (χ3v) is 1.91. The summed E-state index contributed by atoms with van der Waals surface area (Å²) in [7, 11) is 1.33. The minimum absolute atomic E-state index is 0.304. The molecule has 0 aliphatic carbocycles. The van der Waals surface area contributed by atoms with E-state index in [1.54, 1.807) is 30.6 Å². The average Bonchev–Trinajstić information content (AvgIpc) is 2.27. The molecule has 0 spiro atoms. The maximum absolute atomic E-state index is 11.3. The van der Waals surface area contributed by atoms with Gasteiger partial charge in [0.05, 0.1) is 12.6 Å². The van der Waals surface area contributed by atoms with E-state index in [0.29, 0.717) is 11.1 Å². The Morgan fingerprint density at radius 1 is 1.29 bits per heavy atom. The molecular formula is C10H8N2O2. The van der Waals surface area contributed by atoms with Crippen LogP contribution < -0.4 is 0 Å². The third kappa shape index (κ3) is 1.31. The van der Waals surface area contributed by atoms with Crippen molar-refractivity contribution < 1.29 is 9.53 Å². The molecule has 0 radical (unpaired) electrons. The summed E-state index contributed by atoms with van der Waals surface area (Å²) in [6.45, 7) is 0. The van der Waals surface area contributed by atoms with Gasteiger partial charge in [-0.1, -0.05) is 0 Å². The van der Waals surface area contributed by atoms with Crippen molar-refractivity contribution in [1.29, 1.82) is 0 Å². The largest absolute Gasteiger partial charge is 0.464 e. The van der Waals surface area contributed by atoms with Crippen molar-refractivity contribution in [2.75, 3.05) is 7.11 Å². The van der Waals surface area contributed by atoms with Crippen LogP contribution in [0.15, 0.2) is 30.6 Å². The topological polar surface area (TPSA) is 52.1 Å². The Morgan fingerprint density at radius 2 is 2.14 bits per heavy atom. The lowest BCUT2D eigenvalue weighted by Gasteiger charge is -2.01. The van der Waals surface area contributed by atoms with Crippen LogP contribution in [-0.2, 0) is 4.74 Å². The molecule has 2 heterocycles. The fraction of sp³-hybridized carbons (Fsp3) is 0.100. The first-order valence-corrected chi connectivity index (χ1v) is 4.11. The van der Waals surface area contributed by atoms with Gasteiger partial charge in [0.25, 0.3) is 0 Å². The highest BCUT2D eigenvalue weighted by Gasteiger charge is 2.11. The molecule has 0 aliphatic heterocycles. The Morgan fingerprint density at radius 3 is 2.93 bits per heavy atom. The van der Waals surface area contributed by atoms with Crippen LogP contribution >= 0.6 is 0 Å². The minimum Gasteiger partial charge on any atom is -0.464 e. The Labute approximate surface area is 80.6 Å². The SMILES string of the molecule is COC(=O)c1nccc2ncccc12. The molecule has 0 aromatic carbocycles.